The van der Waals surface area contributed by atoms with Crippen molar-refractivity contribution in [2.24, 2.45) is 11.1 Å². The molecule has 3 rings (SSSR count). The second-order valence-electron chi connectivity index (χ2n) is 7.04. The minimum absolute atomic E-state index is 0.165. The first kappa shape index (κ1) is 17.4. The molecule has 7 heteroatoms. The summed E-state index contributed by atoms with van der Waals surface area (Å²) in [6.45, 7) is 1.25. The van der Waals surface area contributed by atoms with E-state index < -0.39 is 23.7 Å². The van der Waals surface area contributed by atoms with Crippen LogP contribution in [0.5, 0.6) is 0 Å². The summed E-state index contributed by atoms with van der Waals surface area (Å²) < 4.78 is 13.8. The van der Waals surface area contributed by atoms with E-state index in [0.29, 0.717) is 13.1 Å². The number of nitrogens with one attached hydrogen (secondary N) is 1. The molecule has 6 nitrogen and oxygen atoms in total. The van der Waals surface area contributed by atoms with Crippen LogP contribution in [0.25, 0.3) is 0 Å². The average Bonchev–Trinajstić information content (AvgIpc) is 3.32. The Morgan fingerprint density at radius 3 is 2.60 bits per heavy atom. The van der Waals surface area contributed by atoms with Crippen molar-refractivity contribution in [3.63, 3.8) is 0 Å². The van der Waals surface area contributed by atoms with Gasteiger partial charge in [-0.1, -0.05) is 12.1 Å². The highest BCUT2D eigenvalue weighted by Crippen LogP contribution is 2.52. The standard InChI is InChI=1S/C18H22FN3O3/c19-13-5-2-1-4-12(13)16(24)21-14(10-15(20)23)17(25)22-9-3-6-18(11-22)7-8-18/h1-2,4-5,14H,3,6-11H2,(H2,20,23)(H,21,24). The van der Waals surface area contributed by atoms with Gasteiger partial charge in [0, 0.05) is 13.1 Å². The lowest BCUT2D eigenvalue weighted by molar-refractivity contribution is -0.137. The fraction of sp³-hybridized carbons (Fsp3) is 0.500. The van der Waals surface area contributed by atoms with Gasteiger partial charge >= 0.3 is 0 Å². The minimum Gasteiger partial charge on any atom is -0.370 e. The van der Waals surface area contributed by atoms with Crippen molar-refractivity contribution >= 4 is 17.7 Å². The number of nitrogens with two attached hydrogens (primary N) is 1. The Bertz CT molecular complexity index is 703. The van der Waals surface area contributed by atoms with E-state index in [9.17, 15) is 18.8 Å². The predicted molar refractivity (Wildman–Crippen MR) is 88.9 cm³/mol. The van der Waals surface area contributed by atoms with E-state index in [1.54, 1.807) is 4.90 Å². The number of rotatable bonds is 5. The zero-order valence-electron chi connectivity index (χ0n) is 14.0. The van der Waals surface area contributed by atoms with Gasteiger partial charge in [-0.15, -0.1) is 0 Å². The van der Waals surface area contributed by atoms with Crippen LogP contribution in [0.15, 0.2) is 24.3 Å². The van der Waals surface area contributed by atoms with Gasteiger partial charge in [0.1, 0.15) is 11.9 Å². The number of benzene rings is 1. The van der Waals surface area contributed by atoms with Crippen molar-refractivity contribution in [3.05, 3.63) is 35.6 Å². The topological polar surface area (TPSA) is 92.5 Å². The normalized spacial score (nSPS) is 19.3. The summed E-state index contributed by atoms with van der Waals surface area (Å²) in [5.74, 6) is -2.42. The van der Waals surface area contributed by atoms with Gasteiger partial charge < -0.3 is 16.0 Å². The molecule has 0 bridgehead atoms. The number of hydrogen-bond acceptors (Lipinski definition) is 3. The van der Waals surface area contributed by atoms with E-state index in [1.165, 1.54) is 24.3 Å². The lowest BCUT2D eigenvalue weighted by Gasteiger charge is -2.35. The number of likely N-dealkylation sites (tertiary alicyclic amines) is 1. The highest BCUT2D eigenvalue weighted by atomic mass is 19.1. The Morgan fingerprint density at radius 2 is 1.96 bits per heavy atom. The molecule has 25 heavy (non-hydrogen) atoms. The van der Waals surface area contributed by atoms with Crippen molar-refractivity contribution in [1.82, 2.24) is 10.2 Å². The molecule has 3 N–H and O–H groups in total. The van der Waals surface area contributed by atoms with Crippen molar-refractivity contribution < 1.29 is 18.8 Å². The number of nitrogens with zero attached hydrogens (tertiary/aromatic N) is 1. The molecule has 1 spiro atoms. The largest absolute Gasteiger partial charge is 0.370 e. The summed E-state index contributed by atoms with van der Waals surface area (Å²) in [7, 11) is 0. The number of hydrogen-bond donors (Lipinski definition) is 2. The van der Waals surface area contributed by atoms with Crippen LogP contribution in [0.1, 0.15) is 42.5 Å². The fourth-order valence-corrected chi connectivity index (χ4v) is 3.48. The van der Waals surface area contributed by atoms with Gasteiger partial charge in [0.05, 0.1) is 12.0 Å². The molecule has 1 saturated carbocycles. The maximum Gasteiger partial charge on any atom is 0.254 e. The molecule has 1 aromatic rings. The van der Waals surface area contributed by atoms with Crippen LogP contribution in [0.3, 0.4) is 0 Å². The second kappa shape index (κ2) is 6.82. The third kappa shape index (κ3) is 3.97. The lowest BCUT2D eigenvalue weighted by atomic mass is 9.94. The smallest absolute Gasteiger partial charge is 0.254 e. The Balaban J connectivity index is 1.72. The summed E-state index contributed by atoms with van der Waals surface area (Å²) in [6, 6.07) is 4.43. The number of piperidine rings is 1. The summed E-state index contributed by atoms with van der Waals surface area (Å²) in [5, 5.41) is 2.48. The molecule has 0 aromatic heterocycles. The average molecular weight is 347 g/mol. The van der Waals surface area contributed by atoms with Crippen molar-refractivity contribution in [3.8, 4) is 0 Å². The van der Waals surface area contributed by atoms with E-state index in [4.69, 9.17) is 5.73 Å². The maximum absolute atomic E-state index is 13.8. The Labute approximate surface area is 145 Å². The first-order valence-corrected chi connectivity index (χ1v) is 8.53. The Morgan fingerprint density at radius 1 is 1.24 bits per heavy atom. The highest BCUT2D eigenvalue weighted by molar-refractivity contribution is 5.99. The monoisotopic (exact) mass is 347 g/mol. The summed E-state index contributed by atoms with van der Waals surface area (Å²) in [6.07, 6.45) is 3.94. The van der Waals surface area contributed by atoms with Gasteiger partial charge in [-0.2, -0.15) is 0 Å². The van der Waals surface area contributed by atoms with Gasteiger partial charge in [0.25, 0.3) is 5.91 Å². The number of primary amides is 1. The van der Waals surface area contributed by atoms with Gasteiger partial charge in [-0.25, -0.2) is 4.39 Å². The number of carbonyl (C=O) groups is 3. The van der Waals surface area contributed by atoms with Crippen LogP contribution < -0.4 is 11.1 Å². The summed E-state index contributed by atoms with van der Waals surface area (Å²) in [4.78, 5) is 38.2. The molecule has 2 fully saturated rings. The third-order valence-electron chi connectivity index (χ3n) is 5.06. The predicted octanol–water partition coefficient (Wildman–Crippen LogP) is 1.20. The molecule has 134 valence electrons. The van der Waals surface area contributed by atoms with E-state index in [-0.39, 0.29) is 23.3 Å². The zero-order chi connectivity index (χ0) is 18.0. The molecule has 1 heterocycles. The Hall–Kier alpha value is -2.44. The minimum atomic E-state index is -1.07. The molecule has 1 aromatic carbocycles. The van der Waals surface area contributed by atoms with Crippen LogP contribution in [0.4, 0.5) is 4.39 Å². The lowest BCUT2D eigenvalue weighted by Crippen LogP contribution is -2.53. The molecule has 1 unspecified atom stereocenters. The first-order valence-electron chi connectivity index (χ1n) is 8.53. The fourth-order valence-electron chi connectivity index (χ4n) is 3.48. The third-order valence-corrected chi connectivity index (χ3v) is 5.06. The van der Waals surface area contributed by atoms with Crippen LogP contribution in [-0.4, -0.2) is 41.8 Å². The Kier molecular flexibility index (Phi) is 4.74. The van der Waals surface area contributed by atoms with Crippen molar-refractivity contribution in [2.45, 2.75) is 38.1 Å². The van der Waals surface area contributed by atoms with Crippen molar-refractivity contribution in [1.29, 1.82) is 0 Å². The second-order valence-corrected chi connectivity index (χ2v) is 7.04. The molecule has 1 aliphatic heterocycles. The van der Waals surface area contributed by atoms with Crippen LogP contribution in [-0.2, 0) is 9.59 Å². The first-order chi connectivity index (χ1) is 11.9. The van der Waals surface area contributed by atoms with E-state index in [2.05, 4.69) is 5.32 Å². The maximum atomic E-state index is 13.8. The van der Waals surface area contributed by atoms with E-state index in [0.717, 1.165) is 25.7 Å². The molecule has 0 radical (unpaired) electrons. The number of amides is 3. The molecule has 1 saturated heterocycles. The van der Waals surface area contributed by atoms with Crippen molar-refractivity contribution in [2.75, 3.05) is 13.1 Å². The molecule has 2 aliphatic rings. The SMILES string of the molecule is NC(=O)CC(NC(=O)c1ccccc1F)C(=O)N1CCCC2(CC2)C1. The number of carbonyl (C=O) groups excluding carboxylic acids is 3. The van der Waals surface area contributed by atoms with Gasteiger partial charge in [0.15, 0.2) is 0 Å². The molecular formula is C18H22FN3O3. The number of halogens is 1. The highest BCUT2D eigenvalue weighted by Gasteiger charge is 2.47. The van der Waals surface area contributed by atoms with Gasteiger partial charge in [-0.05, 0) is 43.2 Å². The molecule has 3 amide bonds. The van der Waals surface area contributed by atoms with Gasteiger partial charge in [0.2, 0.25) is 11.8 Å². The summed E-state index contributed by atoms with van der Waals surface area (Å²) >= 11 is 0. The molecule has 1 atom stereocenters. The van der Waals surface area contributed by atoms with E-state index in [1.807, 2.05) is 0 Å². The summed E-state index contributed by atoms with van der Waals surface area (Å²) in [5.41, 5.74) is 5.29. The molecule has 1 aliphatic carbocycles. The van der Waals surface area contributed by atoms with Gasteiger partial charge in [-0.3, -0.25) is 14.4 Å². The van der Waals surface area contributed by atoms with Crippen LogP contribution in [0, 0.1) is 11.2 Å². The zero-order valence-corrected chi connectivity index (χ0v) is 14.0. The molecular weight excluding hydrogens is 325 g/mol. The van der Waals surface area contributed by atoms with E-state index >= 15 is 0 Å². The van der Waals surface area contributed by atoms with Crippen LogP contribution >= 0.6 is 0 Å². The quantitative estimate of drug-likeness (QED) is 0.838. The van der Waals surface area contributed by atoms with Crippen LogP contribution in [0.2, 0.25) is 0 Å².